The molecule has 1 fully saturated rings. The van der Waals surface area contributed by atoms with Crippen molar-refractivity contribution in [3.63, 3.8) is 0 Å². The van der Waals surface area contributed by atoms with Gasteiger partial charge in [0.1, 0.15) is 5.60 Å². The van der Waals surface area contributed by atoms with Crippen LogP contribution in [0.3, 0.4) is 0 Å². The maximum atomic E-state index is 10.3. The van der Waals surface area contributed by atoms with E-state index in [4.69, 9.17) is 5.26 Å². The first-order valence-corrected chi connectivity index (χ1v) is 5.71. The first-order valence-electron chi connectivity index (χ1n) is 4.56. The zero-order valence-corrected chi connectivity index (χ0v) is 8.55. The monoisotopic (exact) mass is 205 g/mol. The van der Waals surface area contributed by atoms with Crippen LogP contribution in [0.25, 0.3) is 0 Å². The highest BCUT2D eigenvalue weighted by Crippen LogP contribution is 2.37. The van der Waals surface area contributed by atoms with Crippen LogP contribution in [0.2, 0.25) is 0 Å². The van der Waals surface area contributed by atoms with Gasteiger partial charge in [-0.05, 0) is 18.2 Å². The number of nitriles is 1. The van der Waals surface area contributed by atoms with Gasteiger partial charge in [0.2, 0.25) is 0 Å². The second-order valence-corrected chi connectivity index (χ2v) is 4.60. The van der Waals surface area contributed by atoms with Gasteiger partial charge >= 0.3 is 0 Å². The zero-order chi connectivity index (χ0) is 10.0. The van der Waals surface area contributed by atoms with E-state index in [-0.39, 0.29) is 0 Å². The number of rotatable bonds is 1. The fourth-order valence-electron chi connectivity index (χ4n) is 1.75. The van der Waals surface area contributed by atoms with Gasteiger partial charge in [-0.2, -0.15) is 17.0 Å². The summed E-state index contributed by atoms with van der Waals surface area (Å²) in [6.45, 7) is 0. The molecule has 1 aliphatic heterocycles. The molecule has 0 spiro atoms. The van der Waals surface area contributed by atoms with Crippen molar-refractivity contribution >= 4 is 11.8 Å². The lowest BCUT2D eigenvalue weighted by atomic mass is 9.90. The van der Waals surface area contributed by atoms with E-state index in [1.807, 2.05) is 18.2 Å². The van der Waals surface area contributed by atoms with Gasteiger partial charge in [0, 0.05) is 11.3 Å². The molecule has 0 bridgehead atoms. The summed E-state index contributed by atoms with van der Waals surface area (Å²) in [5, 5.41) is 19.2. The van der Waals surface area contributed by atoms with E-state index < -0.39 is 5.60 Å². The van der Waals surface area contributed by atoms with Crippen LogP contribution in [0.4, 0.5) is 0 Å². The maximum Gasteiger partial charge on any atom is 0.101 e. The molecule has 3 heteroatoms. The Hall–Kier alpha value is -0.980. The molecule has 1 heterocycles. The van der Waals surface area contributed by atoms with E-state index in [1.165, 1.54) is 0 Å². The largest absolute Gasteiger partial charge is 0.384 e. The van der Waals surface area contributed by atoms with Crippen LogP contribution >= 0.6 is 11.8 Å². The summed E-state index contributed by atoms with van der Waals surface area (Å²) in [4.78, 5) is 0. The highest BCUT2D eigenvalue weighted by atomic mass is 32.2. The molecule has 1 unspecified atom stereocenters. The third-order valence-electron chi connectivity index (χ3n) is 2.55. The van der Waals surface area contributed by atoms with Gasteiger partial charge in [0.05, 0.1) is 11.6 Å². The minimum atomic E-state index is -0.781. The van der Waals surface area contributed by atoms with Crippen molar-refractivity contribution in [3.05, 3.63) is 35.4 Å². The lowest BCUT2D eigenvalue weighted by Gasteiger charge is -2.22. The average Bonchev–Trinajstić information content (AvgIpc) is 2.66. The molecule has 1 aromatic carbocycles. The molecule has 0 radical (unpaired) electrons. The van der Waals surface area contributed by atoms with Crippen LogP contribution in [0, 0.1) is 11.3 Å². The maximum absolute atomic E-state index is 10.3. The van der Waals surface area contributed by atoms with Crippen LogP contribution in [0.5, 0.6) is 0 Å². The van der Waals surface area contributed by atoms with E-state index >= 15 is 0 Å². The molecule has 1 N–H and O–H groups in total. The van der Waals surface area contributed by atoms with Crippen molar-refractivity contribution in [2.24, 2.45) is 0 Å². The Morgan fingerprint density at radius 3 is 2.86 bits per heavy atom. The summed E-state index contributed by atoms with van der Waals surface area (Å²) >= 11 is 1.74. The molecule has 2 rings (SSSR count). The van der Waals surface area contributed by atoms with Crippen LogP contribution < -0.4 is 0 Å². The average molecular weight is 205 g/mol. The molecule has 1 atom stereocenters. The van der Waals surface area contributed by atoms with Gasteiger partial charge in [-0.3, -0.25) is 0 Å². The molecule has 0 amide bonds. The molecule has 1 aliphatic rings. The second-order valence-electron chi connectivity index (χ2n) is 3.49. The van der Waals surface area contributed by atoms with Gasteiger partial charge in [0.25, 0.3) is 0 Å². The molecule has 14 heavy (non-hydrogen) atoms. The van der Waals surface area contributed by atoms with Gasteiger partial charge in [0.15, 0.2) is 0 Å². The SMILES string of the molecule is N#Cc1ccccc1C1(O)CCSC1. The number of hydrogen-bond donors (Lipinski definition) is 1. The van der Waals surface area contributed by atoms with Crippen molar-refractivity contribution in [1.82, 2.24) is 0 Å². The summed E-state index contributed by atoms with van der Waals surface area (Å²) in [6.07, 6.45) is 0.746. The molecule has 1 saturated heterocycles. The Bertz CT molecular complexity index is 377. The first-order chi connectivity index (χ1) is 6.76. The van der Waals surface area contributed by atoms with Crippen molar-refractivity contribution in [2.75, 3.05) is 11.5 Å². The minimum Gasteiger partial charge on any atom is -0.384 e. The molecule has 0 saturated carbocycles. The van der Waals surface area contributed by atoms with E-state index in [0.29, 0.717) is 11.3 Å². The van der Waals surface area contributed by atoms with Crippen molar-refractivity contribution in [2.45, 2.75) is 12.0 Å². The highest BCUT2D eigenvalue weighted by Gasteiger charge is 2.35. The van der Waals surface area contributed by atoms with E-state index in [0.717, 1.165) is 17.7 Å². The van der Waals surface area contributed by atoms with Crippen molar-refractivity contribution in [3.8, 4) is 6.07 Å². The van der Waals surface area contributed by atoms with Crippen molar-refractivity contribution < 1.29 is 5.11 Å². The normalized spacial score (nSPS) is 26.0. The number of aliphatic hydroxyl groups is 1. The third-order valence-corrected chi connectivity index (χ3v) is 3.72. The van der Waals surface area contributed by atoms with E-state index in [2.05, 4.69) is 6.07 Å². The van der Waals surface area contributed by atoms with Gasteiger partial charge in [-0.25, -0.2) is 0 Å². The number of thioether (sulfide) groups is 1. The Morgan fingerprint density at radius 2 is 2.21 bits per heavy atom. The predicted octanol–water partition coefficient (Wildman–Crippen LogP) is 1.88. The van der Waals surface area contributed by atoms with Gasteiger partial charge in [-0.15, -0.1) is 0 Å². The summed E-state index contributed by atoms with van der Waals surface area (Å²) in [5.74, 6) is 1.67. The molecule has 2 nitrogen and oxygen atoms in total. The molecular formula is C11H11NOS. The number of hydrogen-bond acceptors (Lipinski definition) is 3. The van der Waals surface area contributed by atoms with Crippen LogP contribution in [-0.4, -0.2) is 16.6 Å². The van der Waals surface area contributed by atoms with Gasteiger partial charge in [-0.1, -0.05) is 18.2 Å². The van der Waals surface area contributed by atoms with Crippen LogP contribution in [-0.2, 0) is 5.60 Å². The van der Waals surface area contributed by atoms with Crippen molar-refractivity contribution in [1.29, 1.82) is 5.26 Å². The Balaban J connectivity index is 2.45. The van der Waals surface area contributed by atoms with E-state index in [9.17, 15) is 5.11 Å². The summed E-state index contributed by atoms with van der Waals surface area (Å²) in [7, 11) is 0. The standard InChI is InChI=1S/C11H11NOS/c12-7-9-3-1-2-4-10(9)11(13)5-6-14-8-11/h1-4,13H,5-6,8H2. The lowest BCUT2D eigenvalue weighted by molar-refractivity contribution is 0.0655. The first kappa shape index (κ1) is 9.57. The fourth-order valence-corrected chi connectivity index (χ4v) is 3.02. The molecule has 0 aliphatic carbocycles. The second kappa shape index (κ2) is 3.64. The Morgan fingerprint density at radius 1 is 1.43 bits per heavy atom. The Kier molecular flexibility index (Phi) is 2.49. The number of benzene rings is 1. The zero-order valence-electron chi connectivity index (χ0n) is 7.73. The smallest absolute Gasteiger partial charge is 0.101 e. The Labute approximate surface area is 87.6 Å². The van der Waals surface area contributed by atoms with Crippen LogP contribution in [0.1, 0.15) is 17.5 Å². The predicted molar refractivity (Wildman–Crippen MR) is 57.0 cm³/mol. The summed E-state index contributed by atoms with van der Waals surface area (Å²) in [5.41, 5.74) is 0.599. The minimum absolute atomic E-state index is 0.595. The lowest BCUT2D eigenvalue weighted by Crippen LogP contribution is -2.25. The number of nitrogens with zero attached hydrogens (tertiary/aromatic N) is 1. The molecule has 0 aromatic heterocycles. The fraction of sp³-hybridized carbons (Fsp3) is 0.364. The molecule has 1 aromatic rings. The summed E-state index contributed by atoms with van der Waals surface area (Å²) in [6, 6.07) is 9.44. The molecular weight excluding hydrogens is 194 g/mol. The highest BCUT2D eigenvalue weighted by molar-refractivity contribution is 7.99. The van der Waals surface area contributed by atoms with Gasteiger partial charge < -0.3 is 5.11 Å². The van der Waals surface area contributed by atoms with E-state index in [1.54, 1.807) is 17.8 Å². The topological polar surface area (TPSA) is 44.0 Å². The van der Waals surface area contributed by atoms with Crippen LogP contribution in [0.15, 0.2) is 24.3 Å². The quantitative estimate of drug-likeness (QED) is 0.761. The third kappa shape index (κ3) is 1.52. The summed E-state index contributed by atoms with van der Waals surface area (Å²) < 4.78 is 0. The molecule has 72 valence electrons.